The molecule has 0 amide bonds. The Morgan fingerprint density at radius 2 is 2.00 bits per heavy atom. The smallest absolute Gasteiger partial charge is 0.122 e. The van der Waals surface area contributed by atoms with Gasteiger partial charge in [-0.3, -0.25) is 0 Å². The van der Waals surface area contributed by atoms with Crippen molar-refractivity contribution < 1.29 is 9.53 Å². The highest BCUT2D eigenvalue weighted by atomic mass is 16.5. The lowest BCUT2D eigenvalue weighted by atomic mass is 9.73. The van der Waals surface area contributed by atoms with Gasteiger partial charge in [0.1, 0.15) is 12.0 Å². The number of aldehydes is 1. The van der Waals surface area contributed by atoms with Gasteiger partial charge < -0.3 is 20.2 Å². The zero-order valence-corrected chi connectivity index (χ0v) is 14.4. The molecule has 1 aliphatic rings. The summed E-state index contributed by atoms with van der Waals surface area (Å²) >= 11 is 0. The molecule has 0 aromatic heterocycles. The molecule has 0 fully saturated rings. The minimum atomic E-state index is -0.296. The molecule has 0 aliphatic carbocycles. The Morgan fingerprint density at radius 1 is 1.25 bits per heavy atom. The summed E-state index contributed by atoms with van der Waals surface area (Å²) in [6, 6.07) is 16.3. The molecule has 126 valence electrons. The van der Waals surface area contributed by atoms with Crippen LogP contribution in [0.4, 0.5) is 11.4 Å². The van der Waals surface area contributed by atoms with Gasteiger partial charge in [-0.1, -0.05) is 25.1 Å². The first-order valence-electron chi connectivity index (χ1n) is 8.29. The van der Waals surface area contributed by atoms with E-state index in [9.17, 15) is 4.79 Å². The molecule has 0 unspecified atom stereocenters. The summed E-state index contributed by atoms with van der Waals surface area (Å²) in [5, 5.41) is 7.20. The third-order valence-electron chi connectivity index (χ3n) is 5.12. The first kappa shape index (κ1) is 16.4. The average molecular weight is 324 g/mol. The number of fused-ring (bicyclic) bond motifs is 1. The Bertz CT molecular complexity index is 717. The molecule has 0 spiro atoms. The number of nitrogens with one attached hydrogen (secondary N) is 2. The lowest BCUT2D eigenvalue weighted by molar-refractivity contribution is -0.109. The van der Waals surface area contributed by atoms with Crippen LogP contribution in [0.5, 0.6) is 5.75 Å². The van der Waals surface area contributed by atoms with E-state index in [0.717, 1.165) is 29.0 Å². The number of para-hydroxylation sites is 1. The predicted octanol–water partition coefficient (Wildman–Crippen LogP) is 4.26. The number of methoxy groups -OCH3 is 1. The molecule has 4 nitrogen and oxygen atoms in total. The maximum Gasteiger partial charge on any atom is 0.122 e. The van der Waals surface area contributed by atoms with Crippen LogP contribution in [0.15, 0.2) is 48.5 Å². The third-order valence-corrected chi connectivity index (χ3v) is 5.12. The van der Waals surface area contributed by atoms with E-state index in [4.69, 9.17) is 4.74 Å². The first-order valence-corrected chi connectivity index (χ1v) is 8.29. The molecule has 2 N–H and O–H groups in total. The minimum Gasteiger partial charge on any atom is -0.497 e. The van der Waals surface area contributed by atoms with Crippen molar-refractivity contribution in [1.82, 2.24) is 0 Å². The number of hydrogen-bond acceptors (Lipinski definition) is 4. The van der Waals surface area contributed by atoms with Crippen LogP contribution in [0, 0.1) is 5.92 Å². The van der Waals surface area contributed by atoms with Crippen molar-refractivity contribution in [3.63, 3.8) is 0 Å². The van der Waals surface area contributed by atoms with Crippen LogP contribution in [-0.2, 0) is 4.79 Å². The van der Waals surface area contributed by atoms with E-state index < -0.39 is 0 Å². The largest absolute Gasteiger partial charge is 0.497 e. The second kappa shape index (κ2) is 6.56. The zero-order valence-electron chi connectivity index (χ0n) is 14.4. The van der Waals surface area contributed by atoms with Gasteiger partial charge in [0, 0.05) is 34.8 Å². The van der Waals surface area contributed by atoms with Gasteiger partial charge in [0.05, 0.1) is 13.2 Å². The van der Waals surface area contributed by atoms with E-state index in [1.54, 1.807) is 7.11 Å². The summed E-state index contributed by atoms with van der Waals surface area (Å²) in [5.74, 6) is 1.05. The van der Waals surface area contributed by atoms with E-state index in [1.165, 1.54) is 0 Å². The van der Waals surface area contributed by atoms with Crippen LogP contribution in [0.1, 0.15) is 31.9 Å². The molecule has 0 bridgehead atoms. The molecule has 2 aromatic rings. The van der Waals surface area contributed by atoms with Gasteiger partial charge in [0.2, 0.25) is 0 Å². The maximum absolute atomic E-state index is 11.2. The molecule has 3 rings (SSSR count). The van der Waals surface area contributed by atoms with Crippen LogP contribution in [-0.4, -0.2) is 18.9 Å². The quantitative estimate of drug-likeness (QED) is 0.807. The third kappa shape index (κ3) is 2.96. The van der Waals surface area contributed by atoms with Crippen LogP contribution in [0.2, 0.25) is 0 Å². The van der Waals surface area contributed by atoms with E-state index >= 15 is 0 Å². The van der Waals surface area contributed by atoms with Crippen LogP contribution < -0.4 is 15.4 Å². The number of carbonyl (C=O) groups excluding carboxylic acids is 1. The van der Waals surface area contributed by atoms with Gasteiger partial charge in [0.15, 0.2) is 0 Å². The zero-order chi connectivity index (χ0) is 17.2. The van der Waals surface area contributed by atoms with Crippen molar-refractivity contribution in [3.05, 3.63) is 54.1 Å². The standard InChI is InChI=1S/C20H24N2O2/c1-14-19(21-15-7-5-4-6-8-15)17-13-16(24-3)9-10-18(17)22-20(14,2)11-12-23/h4-10,12-14,19,21-22H,11H2,1-3H3/t14-,19-,20+/m1/s1. The Labute approximate surface area is 143 Å². The molecule has 2 aromatic carbocycles. The minimum absolute atomic E-state index is 0.0868. The second-order valence-electron chi connectivity index (χ2n) is 6.64. The molecule has 1 aliphatic heterocycles. The number of anilines is 2. The van der Waals surface area contributed by atoms with Crippen molar-refractivity contribution in [3.8, 4) is 5.75 Å². The highest BCUT2D eigenvalue weighted by Crippen LogP contribution is 2.45. The normalized spacial score (nSPS) is 25.3. The van der Waals surface area contributed by atoms with Gasteiger partial charge in [0.25, 0.3) is 0 Å². The van der Waals surface area contributed by atoms with Gasteiger partial charge >= 0.3 is 0 Å². The first-order chi connectivity index (χ1) is 11.6. The van der Waals surface area contributed by atoms with Crippen LogP contribution >= 0.6 is 0 Å². The lowest BCUT2D eigenvalue weighted by Gasteiger charge is -2.46. The number of rotatable bonds is 5. The maximum atomic E-state index is 11.2. The van der Waals surface area contributed by atoms with Gasteiger partial charge in [-0.25, -0.2) is 0 Å². The Balaban J connectivity index is 2.04. The number of ether oxygens (including phenoxy) is 1. The second-order valence-corrected chi connectivity index (χ2v) is 6.64. The van der Waals surface area contributed by atoms with Crippen molar-refractivity contribution >= 4 is 17.7 Å². The molecule has 1 heterocycles. The molecule has 0 radical (unpaired) electrons. The highest BCUT2D eigenvalue weighted by Gasteiger charge is 2.42. The fourth-order valence-electron chi connectivity index (χ4n) is 3.42. The molecular formula is C20H24N2O2. The predicted molar refractivity (Wildman–Crippen MR) is 97.7 cm³/mol. The number of carbonyl (C=O) groups is 1. The molecule has 24 heavy (non-hydrogen) atoms. The van der Waals surface area contributed by atoms with Crippen LogP contribution in [0.25, 0.3) is 0 Å². The number of benzene rings is 2. The summed E-state index contributed by atoms with van der Waals surface area (Å²) in [4.78, 5) is 11.2. The Kier molecular flexibility index (Phi) is 4.47. The SMILES string of the molecule is COc1ccc2c(c1)[C@H](Nc1ccccc1)[C@@H](C)[C@](C)(CC=O)N2. The van der Waals surface area contributed by atoms with E-state index in [1.807, 2.05) is 30.3 Å². The topological polar surface area (TPSA) is 50.4 Å². The van der Waals surface area contributed by atoms with E-state index in [-0.39, 0.29) is 17.5 Å². The number of hydrogen-bond donors (Lipinski definition) is 2. The monoisotopic (exact) mass is 324 g/mol. The van der Waals surface area contributed by atoms with E-state index in [0.29, 0.717) is 6.42 Å². The summed E-state index contributed by atoms with van der Waals surface area (Å²) in [6.45, 7) is 4.29. The van der Waals surface area contributed by atoms with Crippen molar-refractivity contribution in [2.45, 2.75) is 31.8 Å². The highest BCUT2D eigenvalue weighted by molar-refractivity contribution is 5.65. The fourth-order valence-corrected chi connectivity index (χ4v) is 3.42. The van der Waals surface area contributed by atoms with Gasteiger partial charge in [-0.2, -0.15) is 0 Å². The van der Waals surface area contributed by atoms with Crippen molar-refractivity contribution in [2.75, 3.05) is 17.7 Å². The summed E-state index contributed by atoms with van der Waals surface area (Å²) in [7, 11) is 1.68. The molecule has 0 saturated carbocycles. The van der Waals surface area contributed by atoms with E-state index in [2.05, 4.69) is 42.7 Å². The summed E-state index contributed by atoms with van der Waals surface area (Å²) in [6.07, 6.45) is 1.46. The van der Waals surface area contributed by atoms with Crippen molar-refractivity contribution in [2.24, 2.45) is 5.92 Å². The molecule has 0 saturated heterocycles. The lowest BCUT2D eigenvalue weighted by Crippen LogP contribution is -2.49. The van der Waals surface area contributed by atoms with Gasteiger partial charge in [-0.15, -0.1) is 0 Å². The van der Waals surface area contributed by atoms with Crippen molar-refractivity contribution in [1.29, 1.82) is 0 Å². The summed E-state index contributed by atoms with van der Waals surface area (Å²) in [5.41, 5.74) is 2.98. The Morgan fingerprint density at radius 3 is 2.67 bits per heavy atom. The molecule has 4 heteroatoms. The molecular weight excluding hydrogens is 300 g/mol. The van der Waals surface area contributed by atoms with Crippen LogP contribution in [0.3, 0.4) is 0 Å². The molecule has 3 atom stereocenters. The Hall–Kier alpha value is -2.49. The van der Waals surface area contributed by atoms with Gasteiger partial charge in [-0.05, 0) is 37.3 Å². The average Bonchev–Trinajstić information content (AvgIpc) is 2.60. The fraction of sp³-hybridized carbons (Fsp3) is 0.350. The summed E-state index contributed by atoms with van der Waals surface area (Å²) < 4.78 is 5.40.